The SMILES string of the molecule is CCCc1nc(-c2cc3c(cc2OC)CC(C)O3)c(N)s1. The zero-order chi connectivity index (χ0) is 15.0. The van der Waals surface area contributed by atoms with Gasteiger partial charge in [0.1, 0.15) is 28.3 Å². The minimum Gasteiger partial charge on any atom is -0.496 e. The molecule has 1 aromatic heterocycles. The number of rotatable bonds is 4. The maximum atomic E-state index is 6.16. The van der Waals surface area contributed by atoms with Crippen LogP contribution in [0.4, 0.5) is 5.00 Å². The van der Waals surface area contributed by atoms with Crippen LogP contribution >= 0.6 is 11.3 Å². The van der Waals surface area contributed by atoms with Crippen LogP contribution in [0.5, 0.6) is 11.5 Å². The van der Waals surface area contributed by atoms with E-state index in [1.54, 1.807) is 18.4 Å². The van der Waals surface area contributed by atoms with E-state index in [1.807, 2.05) is 12.1 Å². The number of aryl methyl sites for hydroxylation is 1. The van der Waals surface area contributed by atoms with E-state index in [2.05, 4.69) is 18.8 Å². The second-order valence-corrected chi connectivity index (χ2v) is 6.48. The van der Waals surface area contributed by atoms with Gasteiger partial charge in [-0.2, -0.15) is 0 Å². The highest BCUT2D eigenvalue weighted by molar-refractivity contribution is 7.16. The molecule has 0 bridgehead atoms. The maximum Gasteiger partial charge on any atom is 0.128 e. The molecule has 0 saturated carbocycles. The lowest BCUT2D eigenvalue weighted by Gasteiger charge is -2.10. The van der Waals surface area contributed by atoms with E-state index in [0.29, 0.717) is 0 Å². The van der Waals surface area contributed by atoms with Gasteiger partial charge in [-0.15, -0.1) is 11.3 Å². The van der Waals surface area contributed by atoms with Crippen LogP contribution < -0.4 is 15.2 Å². The predicted molar refractivity (Wildman–Crippen MR) is 86.3 cm³/mol. The average molecular weight is 304 g/mol. The highest BCUT2D eigenvalue weighted by Gasteiger charge is 2.24. The molecule has 112 valence electrons. The van der Waals surface area contributed by atoms with Crippen LogP contribution in [0.2, 0.25) is 0 Å². The van der Waals surface area contributed by atoms with Crippen LogP contribution in [0, 0.1) is 0 Å². The van der Waals surface area contributed by atoms with E-state index in [4.69, 9.17) is 15.2 Å². The van der Waals surface area contributed by atoms with Crippen molar-refractivity contribution in [3.05, 3.63) is 22.7 Å². The highest BCUT2D eigenvalue weighted by atomic mass is 32.1. The monoisotopic (exact) mass is 304 g/mol. The number of nitrogen functional groups attached to an aromatic ring is 1. The minimum absolute atomic E-state index is 0.211. The molecule has 5 heteroatoms. The summed E-state index contributed by atoms with van der Waals surface area (Å²) in [7, 11) is 1.68. The predicted octanol–water partition coefficient (Wildman–Crippen LogP) is 3.68. The Morgan fingerprint density at radius 3 is 3.00 bits per heavy atom. The van der Waals surface area contributed by atoms with Gasteiger partial charge < -0.3 is 15.2 Å². The normalized spacial score (nSPS) is 16.6. The van der Waals surface area contributed by atoms with Gasteiger partial charge in [-0.25, -0.2) is 4.98 Å². The highest BCUT2D eigenvalue weighted by Crippen LogP contribution is 2.42. The molecule has 0 radical (unpaired) electrons. The standard InChI is InChI=1S/C16H20N2O2S/c1-4-5-14-18-15(16(17)21-14)11-8-12-10(6-9(2)20-12)7-13(11)19-3/h7-9H,4-6,17H2,1-3H3. The van der Waals surface area contributed by atoms with Crippen molar-refractivity contribution in [1.29, 1.82) is 0 Å². The summed E-state index contributed by atoms with van der Waals surface area (Å²) in [5.74, 6) is 1.73. The molecule has 1 aromatic carbocycles. The van der Waals surface area contributed by atoms with Crippen molar-refractivity contribution in [2.75, 3.05) is 12.8 Å². The molecule has 1 aliphatic rings. The van der Waals surface area contributed by atoms with Gasteiger partial charge in [0, 0.05) is 17.5 Å². The van der Waals surface area contributed by atoms with Gasteiger partial charge in [0.2, 0.25) is 0 Å². The number of hydrogen-bond acceptors (Lipinski definition) is 5. The van der Waals surface area contributed by atoms with Crippen LogP contribution in [0.3, 0.4) is 0 Å². The Labute approximate surface area is 128 Å². The van der Waals surface area contributed by atoms with E-state index in [-0.39, 0.29) is 6.10 Å². The number of methoxy groups -OCH3 is 1. The molecular weight excluding hydrogens is 284 g/mol. The molecule has 0 saturated heterocycles. The van der Waals surface area contributed by atoms with Gasteiger partial charge in [0.25, 0.3) is 0 Å². The van der Waals surface area contributed by atoms with Crippen molar-refractivity contribution in [2.24, 2.45) is 0 Å². The molecule has 4 nitrogen and oxygen atoms in total. The number of benzene rings is 1. The zero-order valence-electron chi connectivity index (χ0n) is 12.6. The Hall–Kier alpha value is -1.75. The topological polar surface area (TPSA) is 57.4 Å². The van der Waals surface area contributed by atoms with Gasteiger partial charge in [-0.05, 0) is 31.9 Å². The van der Waals surface area contributed by atoms with E-state index in [1.165, 1.54) is 5.56 Å². The summed E-state index contributed by atoms with van der Waals surface area (Å²) >= 11 is 1.56. The third kappa shape index (κ3) is 2.58. The summed E-state index contributed by atoms with van der Waals surface area (Å²) < 4.78 is 11.4. The smallest absolute Gasteiger partial charge is 0.128 e. The first-order chi connectivity index (χ1) is 10.1. The van der Waals surface area contributed by atoms with Crippen LogP contribution in [0.1, 0.15) is 30.8 Å². The summed E-state index contributed by atoms with van der Waals surface area (Å²) in [6, 6.07) is 4.06. The van der Waals surface area contributed by atoms with Gasteiger partial charge in [0.15, 0.2) is 0 Å². The molecule has 2 aromatic rings. The van der Waals surface area contributed by atoms with Crippen molar-refractivity contribution >= 4 is 16.3 Å². The molecule has 2 heterocycles. The molecule has 1 unspecified atom stereocenters. The first kappa shape index (κ1) is 14.2. The van der Waals surface area contributed by atoms with Crippen molar-refractivity contribution in [1.82, 2.24) is 4.98 Å². The van der Waals surface area contributed by atoms with E-state index in [0.717, 1.165) is 52.0 Å². The van der Waals surface area contributed by atoms with Crippen LogP contribution in [-0.2, 0) is 12.8 Å². The number of nitrogens with two attached hydrogens (primary N) is 1. The first-order valence-corrected chi connectivity index (χ1v) is 8.07. The largest absolute Gasteiger partial charge is 0.496 e. The van der Waals surface area contributed by atoms with Crippen LogP contribution in [0.25, 0.3) is 11.3 Å². The maximum absolute atomic E-state index is 6.16. The van der Waals surface area contributed by atoms with Crippen LogP contribution in [-0.4, -0.2) is 18.2 Å². The van der Waals surface area contributed by atoms with E-state index < -0.39 is 0 Å². The van der Waals surface area contributed by atoms with Gasteiger partial charge in [-0.3, -0.25) is 0 Å². The average Bonchev–Trinajstić information content (AvgIpc) is 2.99. The molecule has 0 fully saturated rings. The lowest BCUT2D eigenvalue weighted by Crippen LogP contribution is -2.05. The molecule has 0 aliphatic carbocycles. The molecule has 0 amide bonds. The first-order valence-electron chi connectivity index (χ1n) is 7.25. The van der Waals surface area contributed by atoms with E-state index >= 15 is 0 Å². The number of hydrogen-bond donors (Lipinski definition) is 1. The lowest BCUT2D eigenvalue weighted by atomic mass is 10.0. The fourth-order valence-corrected chi connectivity index (χ4v) is 3.63. The van der Waals surface area contributed by atoms with Crippen molar-refractivity contribution in [3.63, 3.8) is 0 Å². The Morgan fingerprint density at radius 1 is 1.48 bits per heavy atom. The molecule has 2 N–H and O–H groups in total. The van der Waals surface area contributed by atoms with E-state index in [9.17, 15) is 0 Å². The zero-order valence-corrected chi connectivity index (χ0v) is 13.4. The fourth-order valence-electron chi connectivity index (χ4n) is 2.68. The third-order valence-corrected chi connectivity index (χ3v) is 4.58. The summed E-state index contributed by atoms with van der Waals surface area (Å²) in [4.78, 5) is 4.68. The second kappa shape index (κ2) is 5.56. The van der Waals surface area contributed by atoms with Gasteiger partial charge in [-0.1, -0.05) is 6.92 Å². The molecule has 0 spiro atoms. The number of thiazole rings is 1. The molecule has 3 rings (SSSR count). The summed E-state index contributed by atoms with van der Waals surface area (Å²) in [6.07, 6.45) is 3.15. The summed E-state index contributed by atoms with van der Waals surface area (Å²) in [6.45, 7) is 4.21. The van der Waals surface area contributed by atoms with Gasteiger partial charge >= 0.3 is 0 Å². The molecule has 1 atom stereocenters. The minimum atomic E-state index is 0.211. The number of ether oxygens (including phenoxy) is 2. The number of aromatic nitrogens is 1. The molecule has 21 heavy (non-hydrogen) atoms. The van der Waals surface area contributed by atoms with Crippen molar-refractivity contribution in [2.45, 2.75) is 39.2 Å². The quantitative estimate of drug-likeness (QED) is 0.936. The number of nitrogens with zero attached hydrogens (tertiary/aromatic N) is 1. The Bertz CT molecular complexity index is 667. The lowest BCUT2D eigenvalue weighted by molar-refractivity contribution is 0.254. The van der Waals surface area contributed by atoms with Crippen molar-refractivity contribution in [3.8, 4) is 22.8 Å². The van der Waals surface area contributed by atoms with Crippen molar-refractivity contribution < 1.29 is 9.47 Å². The fraction of sp³-hybridized carbons (Fsp3) is 0.438. The Kier molecular flexibility index (Phi) is 3.76. The van der Waals surface area contributed by atoms with Crippen LogP contribution in [0.15, 0.2) is 12.1 Å². The Balaban J connectivity index is 2.07. The molecule has 1 aliphatic heterocycles. The number of fused-ring (bicyclic) bond motifs is 1. The van der Waals surface area contributed by atoms with Gasteiger partial charge in [0.05, 0.1) is 12.1 Å². The second-order valence-electron chi connectivity index (χ2n) is 5.36. The number of anilines is 1. The molecular formula is C16H20N2O2S. The third-order valence-electron chi connectivity index (χ3n) is 3.63. The summed E-state index contributed by atoms with van der Waals surface area (Å²) in [5.41, 5.74) is 9.07. The summed E-state index contributed by atoms with van der Waals surface area (Å²) in [5, 5.41) is 1.81. The Morgan fingerprint density at radius 2 is 2.29 bits per heavy atom.